The number of hydrogen-bond acceptors (Lipinski definition) is 6. The van der Waals surface area contributed by atoms with Crippen molar-refractivity contribution in [1.82, 2.24) is 5.43 Å². The number of aryl methyl sites for hydroxylation is 1. The lowest BCUT2D eigenvalue weighted by atomic mass is 10.2. The standard InChI is InChI=1S/C16H16N4O4/c1-11-2-4-13(5-3-11)17-10-16(22)19-18-9-12-8-14(21)6-7-15(12)20(23)24/h2-9,17,21H,10H2,1H3,(H,19,22)/p-1/b18-9-. The molecule has 0 aliphatic heterocycles. The van der Waals surface area contributed by atoms with Crippen LogP contribution in [0.5, 0.6) is 5.75 Å². The monoisotopic (exact) mass is 327 g/mol. The molecule has 1 amide bonds. The zero-order valence-electron chi connectivity index (χ0n) is 12.9. The van der Waals surface area contributed by atoms with Gasteiger partial charge >= 0.3 is 0 Å². The lowest BCUT2D eigenvalue weighted by Gasteiger charge is -2.06. The Kier molecular flexibility index (Phi) is 5.45. The number of nitrogens with one attached hydrogen (secondary N) is 2. The molecule has 0 spiro atoms. The highest BCUT2D eigenvalue weighted by Crippen LogP contribution is 2.19. The Bertz CT molecular complexity index is 772. The van der Waals surface area contributed by atoms with Gasteiger partial charge in [0.25, 0.3) is 11.6 Å². The smallest absolute Gasteiger partial charge is 0.278 e. The molecule has 0 bridgehead atoms. The van der Waals surface area contributed by atoms with Crippen LogP contribution >= 0.6 is 0 Å². The molecule has 24 heavy (non-hydrogen) atoms. The summed E-state index contributed by atoms with van der Waals surface area (Å²) in [6.45, 7) is 1.95. The van der Waals surface area contributed by atoms with Crippen LogP contribution in [0.1, 0.15) is 11.1 Å². The average molecular weight is 327 g/mol. The summed E-state index contributed by atoms with van der Waals surface area (Å²) in [5, 5.41) is 28.7. The number of carbonyl (C=O) groups is 1. The van der Waals surface area contributed by atoms with E-state index in [2.05, 4.69) is 15.8 Å². The van der Waals surface area contributed by atoms with Crippen molar-refractivity contribution in [3.63, 3.8) is 0 Å². The number of nitrogens with zero attached hydrogens (tertiary/aromatic N) is 2. The summed E-state index contributed by atoms with van der Waals surface area (Å²) < 4.78 is 0. The molecule has 124 valence electrons. The number of benzene rings is 2. The molecular weight excluding hydrogens is 312 g/mol. The van der Waals surface area contributed by atoms with E-state index in [-0.39, 0.29) is 23.5 Å². The number of amides is 1. The van der Waals surface area contributed by atoms with Crippen molar-refractivity contribution >= 4 is 23.5 Å². The highest BCUT2D eigenvalue weighted by molar-refractivity contribution is 5.87. The van der Waals surface area contributed by atoms with E-state index in [4.69, 9.17) is 0 Å². The molecule has 0 fully saturated rings. The lowest BCUT2D eigenvalue weighted by molar-refractivity contribution is -0.385. The van der Waals surface area contributed by atoms with E-state index in [1.54, 1.807) is 0 Å². The number of rotatable bonds is 6. The van der Waals surface area contributed by atoms with Crippen molar-refractivity contribution in [1.29, 1.82) is 0 Å². The third kappa shape index (κ3) is 4.80. The summed E-state index contributed by atoms with van der Waals surface area (Å²) in [5.41, 5.74) is 3.90. The van der Waals surface area contributed by atoms with Gasteiger partial charge in [0.2, 0.25) is 0 Å². The van der Waals surface area contributed by atoms with E-state index in [1.165, 1.54) is 0 Å². The Morgan fingerprint density at radius 1 is 1.25 bits per heavy atom. The van der Waals surface area contributed by atoms with Crippen molar-refractivity contribution in [2.45, 2.75) is 6.92 Å². The first-order valence-electron chi connectivity index (χ1n) is 7.03. The third-order valence-corrected chi connectivity index (χ3v) is 3.09. The molecule has 0 heterocycles. The quantitative estimate of drug-likeness (QED) is 0.474. The number of nitro groups is 1. The fraction of sp³-hybridized carbons (Fsp3) is 0.125. The number of carbonyl (C=O) groups excluding carboxylic acids is 1. The molecule has 0 aliphatic rings. The second-order valence-corrected chi connectivity index (χ2v) is 4.99. The molecule has 2 aromatic carbocycles. The summed E-state index contributed by atoms with van der Waals surface area (Å²) >= 11 is 0. The molecule has 0 aromatic heterocycles. The maximum atomic E-state index is 11.7. The van der Waals surface area contributed by atoms with Gasteiger partial charge in [0.05, 0.1) is 23.2 Å². The van der Waals surface area contributed by atoms with E-state index in [0.29, 0.717) is 0 Å². The molecule has 2 rings (SSSR count). The van der Waals surface area contributed by atoms with Crippen LogP contribution in [0.25, 0.3) is 0 Å². The van der Waals surface area contributed by atoms with Crippen LogP contribution in [0.4, 0.5) is 11.4 Å². The summed E-state index contributed by atoms with van der Waals surface area (Å²) in [4.78, 5) is 21.9. The van der Waals surface area contributed by atoms with Gasteiger partial charge in [-0.05, 0) is 19.1 Å². The van der Waals surface area contributed by atoms with E-state index in [1.807, 2.05) is 31.2 Å². The Morgan fingerprint density at radius 3 is 2.62 bits per heavy atom. The first-order chi connectivity index (χ1) is 11.5. The molecular formula is C16H15N4O4-. The zero-order chi connectivity index (χ0) is 17.5. The number of nitro benzene ring substituents is 1. The number of anilines is 1. The van der Waals surface area contributed by atoms with Crippen molar-refractivity contribution in [2.24, 2.45) is 5.10 Å². The van der Waals surface area contributed by atoms with Crippen LogP contribution in [-0.2, 0) is 4.79 Å². The molecule has 8 heteroatoms. The SMILES string of the molecule is Cc1ccc(NCC(=O)N/N=C\c2cc([O-])ccc2[N+](=O)[O-])cc1. The van der Waals surface area contributed by atoms with E-state index in [0.717, 1.165) is 35.7 Å². The highest BCUT2D eigenvalue weighted by atomic mass is 16.6. The minimum atomic E-state index is -0.623. The van der Waals surface area contributed by atoms with Crippen LogP contribution in [0.3, 0.4) is 0 Å². The fourth-order valence-electron chi connectivity index (χ4n) is 1.87. The average Bonchev–Trinajstić information content (AvgIpc) is 2.54. The zero-order valence-corrected chi connectivity index (χ0v) is 12.9. The van der Waals surface area contributed by atoms with Crippen molar-refractivity contribution < 1.29 is 14.8 Å². The van der Waals surface area contributed by atoms with E-state index in [9.17, 15) is 20.0 Å². The Morgan fingerprint density at radius 2 is 1.96 bits per heavy atom. The fourth-order valence-corrected chi connectivity index (χ4v) is 1.87. The van der Waals surface area contributed by atoms with E-state index < -0.39 is 10.8 Å². The summed E-state index contributed by atoms with van der Waals surface area (Å²) in [6.07, 6.45) is 1.07. The first kappa shape index (κ1) is 16.9. The van der Waals surface area contributed by atoms with Gasteiger partial charge < -0.3 is 10.4 Å². The second-order valence-electron chi connectivity index (χ2n) is 4.99. The number of hydrogen-bond donors (Lipinski definition) is 2. The molecule has 0 atom stereocenters. The normalized spacial score (nSPS) is 10.5. The molecule has 0 aliphatic carbocycles. The van der Waals surface area contributed by atoms with Crippen LogP contribution < -0.4 is 15.8 Å². The topological polar surface area (TPSA) is 120 Å². The Balaban J connectivity index is 1.91. The van der Waals surface area contributed by atoms with Gasteiger partial charge in [-0.3, -0.25) is 14.9 Å². The first-order valence-corrected chi connectivity index (χ1v) is 7.03. The summed E-state index contributed by atoms with van der Waals surface area (Å²) in [7, 11) is 0. The predicted octanol–water partition coefficient (Wildman–Crippen LogP) is 1.54. The largest absolute Gasteiger partial charge is 0.872 e. The maximum Gasteiger partial charge on any atom is 0.278 e. The Labute approximate surface area is 138 Å². The van der Waals surface area contributed by atoms with Gasteiger partial charge in [-0.15, -0.1) is 5.75 Å². The van der Waals surface area contributed by atoms with Crippen molar-refractivity contribution in [3.05, 3.63) is 63.7 Å². The van der Waals surface area contributed by atoms with Gasteiger partial charge in [0.1, 0.15) is 0 Å². The van der Waals surface area contributed by atoms with Crippen LogP contribution in [0, 0.1) is 17.0 Å². The van der Waals surface area contributed by atoms with Crippen LogP contribution in [0.15, 0.2) is 47.6 Å². The van der Waals surface area contributed by atoms with Gasteiger partial charge in [-0.2, -0.15) is 5.10 Å². The van der Waals surface area contributed by atoms with Gasteiger partial charge in [0.15, 0.2) is 0 Å². The third-order valence-electron chi connectivity index (χ3n) is 3.09. The maximum absolute atomic E-state index is 11.7. The summed E-state index contributed by atoms with van der Waals surface area (Å²) in [6, 6.07) is 10.8. The minimum absolute atomic E-state index is 0.00983. The minimum Gasteiger partial charge on any atom is -0.872 e. The molecule has 0 saturated heterocycles. The molecule has 0 saturated carbocycles. The van der Waals surface area contributed by atoms with Crippen molar-refractivity contribution in [3.8, 4) is 5.75 Å². The van der Waals surface area contributed by atoms with Gasteiger partial charge in [-0.1, -0.05) is 29.8 Å². The molecule has 2 aromatic rings. The van der Waals surface area contributed by atoms with Gasteiger partial charge in [0, 0.05) is 11.8 Å². The van der Waals surface area contributed by atoms with Crippen LogP contribution in [0.2, 0.25) is 0 Å². The number of hydrazone groups is 1. The summed E-state index contributed by atoms with van der Waals surface area (Å²) in [5.74, 6) is -0.804. The molecule has 8 nitrogen and oxygen atoms in total. The second kappa shape index (κ2) is 7.73. The van der Waals surface area contributed by atoms with E-state index >= 15 is 0 Å². The predicted molar refractivity (Wildman–Crippen MR) is 87.9 cm³/mol. The lowest BCUT2D eigenvalue weighted by Crippen LogP contribution is -2.25. The molecule has 0 radical (unpaired) electrons. The molecule has 2 N–H and O–H groups in total. The van der Waals surface area contributed by atoms with Crippen molar-refractivity contribution in [2.75, 3.05) is 11.9 Å². The highest BCUT2D eigenvalue weighted by Gasteiger charge is 2.10. The van der Waals surface area contributed by atoms with Crippen LogP contribution in [-0.4, -0.2) is 23.6 Å². The Hall–Kier alpha value is -3.42. The molecule has 0 unspecified atom stereocenters. The van der Waals surface area contributed by atoms with Gasteiger partial charge in [-0.25, -0.2) is 5.43 Å².